The fraction of sp³-hybridized carbons (Fsp3) is 0.565. The zero-order valence-corrected chi connectivity index (χ0v) is 22.0. The van der Waals surface area contributed by atoms with E-state index >= 15 is 0 Å². The van der Waals surface area contributed by atoms with Gasteiger partial charge in [-0.2, -0.15) is 24.4 Å². The Labute approximate surface area is 220 Å². The third kappa shape index (κ3) is 11.5. The largest absolute Gasteiger partial charge is 0.508 e. The molecule has 13 heteroatoms. The first kappa shape index (κ1) is 31.5. The Bertz CT molecular complexity index is 858. The summed E-state index contributed by atoms with van der Waals surface area (Å²) in [5, 5.41) is 26.3. The summed E-state index contributed by atoms with van der Waals surface area (Å²) in [4.78, 5) is 49.9. The van der Waals surface area contributed by atoms with E-state index in [1.807, 2.05) is 6.26 Å². The highest BCUT2D eigenvalue weighted by molar-refractivity contribution is 7.98. The molecule has 0 heterocycles. The van der Waals surface area contributed by atoms with E-state index in [-0.39, 0.29) is 30.8 Å². The molecule has 4 atom stereocenters. The molecule has 36 heavy (non-hydrogen) atoms. The van der Waals surface area contributed by atoms with E-state index in [4.69, 9.17) is 11.5 Å². The Morgan fingerprint density at radius 3 is 2.03 bits per heavy atom. The monoisotopic (exact) mass is 543 g/mol. The van der Waals surface area contributed by atoms with Gasteiger partial charge in [-0.1, -0.05) is 12.1 Å². The predicted molar refractivity (Wildman–Crippen MR) is 143 cm³/mol. The lowest BCUT2D eigenvalue weighted by Gasteiger charge is -2.25. The minimum atomic E-state index is -1.23. The second-order valence-corrected chi connectivity index (χ2v) is 9.60. The molecule has 11 nitrogen and oxygen atoms in total. The molecule has 0 saturated heterocycles. The molecule has 0 aliphatic heterocycles. The Kier molecular flexibility index (Phi) is 14.9. The fourth-order valence-electron chi connectivity index (χ4n) is 3.25. The standard InChI is InChI=1S/C23H37N5O6S2/c1-36-11-9-18(22(32)28-19(13-35)23(33)34)27-21(31)17(4-2-3-10-24)26-20(30)16(25)12-14-5-7-15(29)8-6-14/h5-8,16-19,29,35H,2-4,9-13,24-25H2,1H3,(H,26,30)(H,27,31)(H,28,32)(H,33,34). The molecule has 4 unspecified atom stereocenters. The number of phenolic OH excluding ortho intramolecular Hbond substituents is 1. The van der Waals surface area contributed by atoms with Crippen LogP contribution in [0.1, 0.15) is 31.2 Å². The molecule has 1 rings (SSSR count). The Morgan fingerprint density at radius 1 is 0.944 bits per heavy atom. The number of nitrogens with one attached hydrogen (secondary N) is 3. The fourth-order valence-corrected chi connectivity index (χ4v) is 3.97. The van der Waals surface area contributed by atoms with E-state index in [0.717, 1.165) is 5.56 Å². The number of hydrogen-bond acceptors (Lipinski definition) is 9. The number of aliphatic carboxylic acids is 1. The first-order valence-electron chi connectivity index (χ1n) is 11.6. The number of nitrogens with two attached hydrogens (primary N) is 2. The highest BCUT2D eigenvalue weighted by Gasteiger charge is 2.29. The van der Waals surface area contributed by atoms with E-state index in [1.54, 1.807) is 12.1 Å². The molecule has 0 aromatic heterocycles. The first-order valence-corrected chi connectivity index (χ1v) is 13.6. The van der Waals surface area contributed by atoms with Crippen molar-refractivity contribution in [2.45, 2.75) is 56.3 Å². The van der Waals surface area contributed by atoms with E-state index < -0.39 is 47.9 Å². The van der Waals surface area contributed by atoms with Crippen molar-refractivity contribution in [1.29, 1.82) is 0 Å². The van der Waals surface area contributed by atoms with Gasteiger partial charge >= 0.3 is 5.97 Å². The smallest absolute Gasteiger partial charge is 0.327 e. The molecule has 0 saturated carbocycles. The van der Waals surface area contributed by atoms with Crippen molar-refractivity contribution in [3.8, 4) is 5.75 Å². The predicted octanol–water partition coefficient (Wildman–Crippen LogP) is -0.387. The van der Waals surface area contributed by atoms with Gasteiger partial charge in [-0.05, 0) is 68.4 Å². The average Bonchev–Trinajstić information content (AvgIpc) is 2.85. The molecule has 1 aromatic carbocycles. The number of benzene rings is 1. The molecule has 0 aliphatic rings. The Balaban J connectivity index is 2.92. The zero-order chi connectivity index (χ0) is 27.1. The van der Waals surface area contributed by atoms with Gasteiger partial charge in [-0.3, -0.25) is 14.4 Å². The first-order chi connectivity index (χ1) is 17.1. The Hall–Kier alpha value is -2.48. The quantitative estimate of drug-likeness (QED) is 0.0953. The topological polar surface area (TPSA) is 197 Å². The van der Waals surface area contributed by atoms with Crippen molar-refractivity contribution < 1.29 is 29.4 Å². The van der Waals surface area contributed by atoms with Crippen LogP contribution >= 0.6 is 24.4 Å². The molecule has 1 aromatic rings. The summed E-state index contributed by atoms with van der Waals surface area (Å²) < 4.78 is 0. The van der Waals surface area contributed by atoms with Crippen molar-refractivity contribution in [2.75, 3.05) is 24.3 Å². The van der Waals surface area contributed by atoms with Crippen molar-refractivity contribution >= 4 is 48.1 Å². The summed E-state index contributed by atoms with van der Waals surface area (Å²) in [5.41, 5.74) is 12.4. The maximum atomic E-state index is 13.1. The van der Waals surface area contributed by atoms with Crippen LogP contribution in [0.25, 0.3) is 0 Å². The summed E-state index contributed by atoms with van der Waals surface area (Å²) in [7, 11) is 0. The number of phenols is 1. The summed E-state index contributed by atoms with van der Waals surface area (Å²) in [6.45, 7) is 0.418. The number of aromatic hydroxyl groups is 1. The SMILES string of the molecule is CSCCC(NC(=O)C(CCCCN)NC(=O)C(N)Cc1ccc(O)cc1)C(=O)NC(CS)C(=O)O. The van der Waals surface area contributed by atoms with Crippen LogP contribution in [0.5, 0.6) is 5.75 Å². The lowest BCUT2D eigenvalue weighted by atomic mass is 10.0. The van der Waals surface area contributed by atoms with Crippen molar-refractivity contribution in [2.24, 2.45) is 11.5 Å². The van der Waals surface area contributed by atoms with Crippen LogP contribution in [0.3, 0.4) is 0 Å². The lowest BCUT2D eigenvalue weighted by Crippen LogP contribution is -2.57. The molecule has 0 fully saturated rings. The van der Waals surface area contributed by atoms with Gasteiger partial charge in [0.15, 0.2) is 0 Å². The van der Waals surface area contributed by atoms with Gasteiger partial charge in [0, 0.05) is 5.75 Å². The average molecular weight is 544 g/mol. The lowest BCUT2D eigenvalue weighted by molar-refractivity contribution is -0.141. The zero-order valence-electron chi connectivity index (χ0n) is 20.3. The Morgan fingerprint density at radius 2 is 1.50 bits per heavy atom. The number of amides is 3. The van der Waals surface area contributed by atoms with E-state index in [2.05, 4.69) is 28.6 Å². The van der Waals surface area contributed by atoms with Crippen molar-refractivity contribution in [1.82, 2.24) is 16.0 Å². The number of thioether (sulfide) groups is 1. The van der Waals surface area contributed by atoms with Gasteiger partial charge in [0.2, 0.25) is 17.7 Å². The third-order valence-electron chi connectivity index (χ3n) is 5.35. The van der Waals surface area contributed by atoms with E-state index in [0.29, 0.717) is 25.1 Å². The molecular weight excluding hydrogens is 506 g/mol. The van der Waals surface area contributed by atoms with Gasteiger partial charge in [-0.25, -0.2) is 4.79 Å². The molecule has 0 aliphatic carbocycles. The summed E-state index contributed by atoms with van der Waals surface area (Å²) in [6.07, 6.45) is 3.79. The number of carbonyl (C=O) groups excluding carboxylic acids is 3. The van der Waals surface area contributed by atoms with Gasteiger partial charge in [0.05, 0.1) is 6.04 Å². The second-order valence-electron chi connectivity index (χ2n) is 8.25. The van der Waals surface area contributed by atoms with Crippen LogP contribution in [-0.2, 0) is 25.6 Å². The van der Waals surface area contributed by atoms with Crippen LogP contribution in [-0.4, -0.2) is 82.4 Å². The van der Waals surface area contributed by atoms with E-state index in [9.17, 15) is 29.4 Å². The number of carbonyl (C=O) groups is 4. The molecule has 9 N–H and O–H groups in total. The molecule has 0 bridgehead atoms. The highest BCUT2D eigenvalue weighted by Crippen LogP contribution is 2.11. The van der Waals surface area contributed by atoms with Gasteiger partial charge in [0.1, 0.15) is 23.9 Å². The highest BCUT2D eigenvalue weighted by atomic mass is 32.2. The summed E-state index contributed by atoms with van der Waals surface area (Å²) in [5.74, 6) is -2.46. The maximum absolute atomic E-state index is 13.1. The maximum Gasteiger partial charge on any atom is 0.327 e. The van der Waals surface area contributed by atoms with Gasteiger partial charge in [0.25, 0.3) is 0 Å². The number of carboxylic acid groups (broad SMARTS) is 1. The molecule has 0 radical (unpaired) electrons. The molecular formula is C23H37N5O6S2. The minimum Gasteiger partial charge on any atom is -0.508 e. The molecule has 0 spiro atoms. The van der Waals surface area contributed by atoms with Crippen molar-refractivity contribution in [3.05, 3.63) is 29.8 Å². The van der Waals surface area contributed by atoms with Gasteiger partial charge in [-0.15, -0.1) is 0 Å². The number of unbranched alkanes of at least 4 members (excludes halogenated alkanes) is 1. The number of carboxylic acids is 1. The summed E-state index contributed by atoms with van der Waals surface area (Å²) >= 11 is 5.42. The van der Waals surface area contributed by atoms with E-state index in [1.165, 1.54) is 23.9 Å². The third-order valence-corrected chi connectivity index (χ3v) is 6.36. The number of rotatable bonds is 17. The normalized spacial score (nSPS) is 14.2. The second kappa shape index (κ2) is 17.1. The summed E-state index contributed by atoms with van der Waals surface area (Å²) in [6, 6.07) is 2.19. The van der Waals surface area contributed by atoms with Crippen LogP contribution in [0.15, 0.2) is 24.3 Å². The van der Waals surface area contributed by atoms with Crippen LogP contribution in [0.2, 0.25) is 0 Å². The molecule has 202 valence electrons. The number of hydrogen-bond donors (Lipinski definition) is 8. The van der Waals surface area contributed by atoms with Gasteiger partial charge < -0.3 is 37.6 Å². The minimum absolute atomic E-state index is 0.0949. The van der Waals surface area contributed by atoms with Crippen LogP contribution in [0, 0.1) is 0 Å². The number of thiol groups is 1. The molecule has 3 amide bonds. The van der Waals surface area contributed by atoms with Crippen LogP contribution in [0.4, 0.5) is 0 Å². The van der Waals surface area contributed by atoms with Crippen LogP contribution < -0.4 is 27.4 Å². The van der Waals surface area contributed by atoms with Crippen molar-refractivity contribution in [3.63, 3.8) is 0 Å².